The molecular weight excluding hydrogens is 212 g/mol. The Morgan fingerprint density at radius 2 is 2.20 bits per heavy atom. The van der Waals surface area contributed by atoms with E-state index >= 15 is 0 Å². The summed E-state index contributed by atoms with van der Waals surface area (Å²) < 4.78 is 0. The molecule has 76 valence electrons. The number of aromatic amines is 1. The molecular formula is C11H9ClN2O. The van der Waals surface area contributed by atoms with Crippen LogP contribution in [0.3, 0.4) is 0 Å². The second-order valence-corrected chi connectivity index (χ2v) is 3.37. The van der Waals surface area contributed by atoms with Crippen molar-refractivity contribution in [3.8, 4) is 11.4 Å². The molecule has 1 N–H and O–H groups in total. The SMILES string of the molecule is O=c1cc(CCl)[nH]c(-c2ccccn2)c1. The predicted molar refractivity (Wildman–Crippen MR) is 59.9 cm³/mol. The summed E-state index contributed by atoms with van der Waals surface area (Å²) in [6.45, 7) is 0. The molecule has 0 radical (unpaired) electrons. The first kappa shape index (κ1) is 9.93. The molecule has 2 aromatic rings. The van der Waals surface area contributed by atoms with Gasteiger partial charge in [0.1, 0.15) is 0 Å². The zero-order valence-corrected chi connectivity index (χ0v) is 8.66. The molecule has 15 heavy (non-hydrogen) atoms. The summed E-state index contributed by atoms with van der Waals surface area (Å²) >= 11 is 5.67. The average molecular weight is 221 g/mol. The summed E-state index contributed by atoms with van der Waals surface area (Å²) in [4.78, 5) is 18.5. The third-order valence-corrected chi connectivity index (χ3v) is 2.27. The molecule has 0 unspecified atom stereocenters. The van der Waals surface area contributed by atoms with Crippen molar-refractivity contribution in [3.05, 3.63) is 52.4 Å². The normalized spacial score (nSPS) is 10.2. The van der Waals surface area contributed by atoms with Crippen LogP contribution in [-0.2, 0) is 5.88 Å². The lowest BCUT2D eigenvalue weighted by molar-refractivity contribution is 1.14. The van der Waals surface area contributed by atoms with Crippen LogP contribution >= 0.6 is 11.6 Å². The van der Waals surface area contributed by atoms with Gasteiger partial charge in [-0.3, -0.25) is 9.78 Å². The Hall–Kier alpha value is -1.61. The van der Waals surface area contributed by atoms with Crippen LogP contribution in [0.1, 0.15) is 5.69 Å². The Bertz CT molecular complexity index is 507. The molecule has 4 heteroatoms. The van der Waals surface area contributed by atoms with Gasteiger partial charge < -0.3 is 4.98 Å². The van der Waals surface area contributed by atoms with E-state index in [9.17, 15) is 4.79 Å². The van der Waals surface area contributed by atoms with Crippen molar-refractivity contribution >= 4 is 11.6 Å². The highest BCUT2D eigenvalue weighted by Gasteiger charge is 2.01. The zero-order chi connectivity index (χ0) is 10.7. The molecule has 0 bridgehead atoms. The molecule has 0 saturated carbocycles. The maximum Gasteiger partial charge on any atom is 0.182 e. The minimum atomic E-state index is -0.0648. The number of H-pyrrole nitrogens is 1. The van der Waals surface area contributed by atoms with Crippen LogP contribution in [0.15, 0.2) is 41.3 Å². The van der Waals surface area contributed by atoms with Gasteiger partial charge in [0.2, 0.25) is 0 Å². The van der Waals surface area contributed by atoms with Crippen molar-refractivity contribution in [1.29, 1.82) is 0 Å². The van der Waals surface area contributed by atoms with E-state index in [2.05, 4.69) is 9.97 Å². The molecule has 0 spiro atoms. The smallest absolute Gasteiger partial charge is 0.182 e. The van der Waals surface area contributed by atoms with Gasteiger partial charge in [0, 0.05) is 24.0 Å². The highest BCUT2D eigenvalue weighted by molar-refractivity contribution is 6.16. The number of nitrogens with one attached hydrogen (secondary N) is 1. The van der Waals surface area contributed by atoms with Gasteiger partial charge in [-0.15, -0.1) is 11.6 Å². The van der Waals surface area contributed by atoms with Gasteiger partial charge in [0.15, 0.2) is 5.43 Å². The second-order valence-electron chi connectivity index (χ2n) is 3.10. The number of alkyl halides is 1. The van der Waals surface area contributed by atoms with E-state index in [1.54, 1.807) is 6.20 Å². The quantitative estimate of drug-likeness (QED) is 0.789. The van der Waals surface area contributed by atoms with Gasteiger partial charge in [0.05, 0.1) is 17.3 Å². The maximum absolute atomic E-state index is 11.3. The number of rotatable bonds is 2. The average Bonchev–Trinajstić information content (AvgIpc) is 2.29. The Labute approximate surface area is 91.8 Å². The lowest BCUT2D eigenvalue weighted by atomic mass is 10.2. The van der Waals surface area contributed by atoms with Gasteiger partial charge in [-0.25, -0.2) is 0 Å². The van der Waals surface area contributed by atoms with E-state index in [-0.39, 0.29) is 11.3 Å². The Morgan fingerprint density at radius 3 is 2.87 bits per heavy atom. The Morgan fingerprint density at radius 1 is 1.33 bits per heavy atom. The highest BCUT2D eigenvalue weighted by Crippen LogP contribution is 2.12. The summed E-state index contributed by atoms with van der Waals surface area (Å²) in [5.41, 5.74) is 2.06. The van der Waals surface area contributed by atoms with Crippen LogP contribution in [0.5, 0.6) is 0 Å². The van der Waals surface area contributed by atoms with Gasteiger partial charge in [-0.1, -0.05) is 6.07 Å². The maximum atomic E-state index is 11.3. The number of hydrogen-bond donors (Lipinski definition) is 1. The largest absolute Gasteiger partial charge is 0.356 e. The number of hydrogen-bond acceptors (Lipinski definition) is 2. The van der Waals surface area contributed by atoms with Crippen molar-refractivity contribution < 1.29 is 0 Å². The summed E-state index contributed by atoms with van der Waals surface area (Å²) in [5, 5.41) is 0. The standard InChI is InChI=1S/C11H9ClN2O/c12-7-8-5-9(15)6-11(14-8)10-3-1-2-4-13-10/h1-6H,7H2,(H,14,15). The fraction of sp³-hybridized carbons (Fsp3) is 0.0909. The third kappa shape index (κ3) is 2.25. The Kier molecular flexibility index (Phi) is 2.83. The van der Waals surface area contributed by atoms with E-state index in [4.69, 9.17) is 11.6 Å². The van der Waals surface area contributed by atoms with Crippen molar-refractivity contribution in [1.82, 2.24) is 9.97 Å². The number of halogens is 1. The van der Waals surface area contributed by atoms with Gasteiger partial charge >= 0.3 is 0 Å². The molecule has 2 rings (SSSR count). The van der Waals surface area contributed by atoms with Crippen molar-refractivity contribution in [3.63, 3.8) is 0 Å². The number of aromatic nitrogens is 2. The molecule has 2 heterocycles. The van der Waals surface area contributed by atoms with Gasteiger partial charge in [0.25, 0.3) is 0 Å². The first-order chi connectivity index (χ1) is 7.29. The third-order valence-electron chi connectivity index (χ3n) is 1.98. The van der Waals surface area contributed by atoms with E-state index in [1.165, 1.54) is 12.1 Å². The summed E-state index contributed by atoms with van der Waals surface area (Å²) in [7, 11) is 0. The van der Waals surface area contributed by atoms with Crippen LogP contribution in [0.2, 0.25) is 0 Å². The molecule has 0 aliphatic heterocycles. The molecule has 0 aliphatic carbocycles. The first-order valence-electron chi connectivity index (χ1n) is 4.50. The molecule has 0 atom stereocenters. The molecule has 0 aliphatic rings. The first-order valence-corrected chi connectivity index (χ1v) is 5.03. The molecule has 0 fully saturated rings. The van der Waals surface area contributed by atoms with Crippen molar-refractivity contribution in [2.75, 3.05) is 0 Å². The van der Waals surface area contributed by atoms with Crippen LogP contribution in [0.4, 0.5) is 0 Å². The molecule has 3 nitrogen and oxygen atoms in total. The second kappa shape index (κ2) is 4.28. The Balaban J connectivity index is 2.54. The predicted octanol–water partition coefficient (Wildman–Crippen LogP) is 2.18. The van der Waals surface area contributed by atoms with E-state index in [0.717, 1.165) is 5.69 Å². The van der Waals surface area contributed by atoms with Gasteiger partial charge in [-0.05, 0) is 12.1 Å². The highest BCUT2D eigenvalue weighted by atomic mass is 35.5. The fourth-order valence-corrected chi connectivity index (χ4v) is 1.48. The monoisotopic (exact) mass is 220 g/mol. The minimum Gasteiger partial charge on any atom is -0.356 e. The van der Waals surface area contributed by atoms with Crippen LogP contribution < -0.4 is 5.43 Å². The van der Waals surface area contributed by atoms with Gasteiger partial charge in [-0.2, -0.15) is 0 Å². The minimum absolute atomic E-state index is 0.0648. The van der Waals surface area contributed by atoms with Crippen LogP contribution in [0.25, 0.3) is 11.4 Å². The van der Waals surface area contributed by atoms with Crippen molar-refractivity contribution in [2.24, 2.45) is 0 Å². The zero-order valence-electron chi connectivity index (χ0n) is 7.90. The molecule has 0 amide bonds. The summed E-state index contributed by atoms with van der Waals surface area (Å²) in [5.74, 6) is 0.288. The molecule has 0 saturated heterocycles. The summed E-state index contributed by atoms with van der Waals surface area (Å²) in [6, 6.07) is 8.53. The van der Waals surface area contributed by atoms with E-state index in [0.29, 0.717) is 11.4 Å². The summed E-state index contributed by atoms with van der Waals surface area (Å²) in [6.07, 6.45) is 1.68. The van der Waals surface area contributed by atoms with Crippen LogP contribution in [0, 0.1) is 0 Å². The van der Waals surface area contributed by atoms with Crippen LogP contribution in [-0.4, -0.2) is 9.97 Å². The number of pyridine rings is 2. The topological polar surface area (TPSA) is 45.8 Å². The van der Waals surface area contributed by atoms with E-state index < -0.39 is 0 Å². The van der Waals surface area contributed by atoms with E-state index in [1.807, 2.05) is 18.2 Å². The lowest BCUT2D eigenvalue weighted by Crippen LogP contribution is -2.03. The van der Waals surface area contributed by atoms with Crippen molar-refractivity contribution in [2.45, 2.75) is 5.88 Å². The fourth-order valence-electron chi connectivity index (χ4n) is 1.33. The molecule has 0 aromatic carbocycles. The molecule has 2 aromatic heterocycles. The number of nitrogens with zero attached hydrogens (tertiary/aromatic N) is 1. The lowest BCUT2D eigenvalue weighted by Gasteiger charge is -2.02.